The molecule has 0 atom stereocenters. The van der Waals surface area contributed by atoms with Crippen LogP contribution >= 0.6 is 12.2 Å². The van der Waals surface area contributed by atoms with E-state index in [1.165, 1.54) is 18.4 Å². The summed E-state index contributed by atoms with van der Waals surface area (Å²) in [6.07, 6.45) is 2.58. The molecule has 68 valence electrons. The van der Waals surface area contributed by atoms with Crippen molar-refractivity contribution in [2.75, 3.05) is 5.32 Å². The number of thiocarbonyl (C=S) groups is 1. The van der Waals surface area contributed by atoms with E-state index in [1.807, 2.05) is 12.1 Å². The van der Waals surface area contributed by atoms with E-state index in [0.29, 0.717) is 5.11 Å². The van der Waals surface area contributed by atoms with Gasteiger partial charge in [-0.1, -0.05) is 18.2 Å². The fraction of sp³-hybridized carbons (Fsp3) is 0.300. The Labute approximate surface area is 83.1 Å². The fourth-order valence-corrected chi connectivity index (χ4v) is 1.60. The minimum Gasteiger partial charge on any atom is -0.376 e. The van der Waals surface area contributed by atoms with Crippen LogP contribution in [0.1, 0.15) is 24.3 Å². The minimum absolute atomic E-state index is 0.341. The minimum atomic E-state index is 0.341. The molecule has 0 heterocycles. The Morgan fingerprint density at radius 2 is 2.08 bits per heavy atom. The number of rotatable bonds is 2. The van der Waals surface area contributed by atoms with E-state index in [4.69, 9.17) is 18.0 Å². The van der Waals surface area contributed by atoms with Crippen molar-refractivity contribution in [3.63, 3.8) is 0 Å². The highest BCUT2D eigenvalue weighted by atomic mass is 32.1. The molecule has 1 aromatic carbocycles. The lowest BCUT2D eigenvalue weighted by Gasteiger charge is -2.09. The summed E-state index contributed by atoms with van der Waals surface area (Å²) in [6.45, 7) is 0. The van der Waals surface area contributed by atoms with Crippen molar-refractivity contribution in [1.82, 2.24) is 0 Å². The second-order valence-electron chi connectivity index (χ2n) is 3.35. The van der Waals surface area contributed by atoms with Gasteiger partial charge < -0.3 is 11.1 Å². The van der Waals surface area contributed by atoms with Crippen LogP contribution in [0, 0.1) is 0 Å². The Bertz CT molecular complexity index is 331. The largest absolute Gasteiger partial charge is 0.376 e. The van der Waals surface area contributed by atoms with Gasteiger partial charge in [-0.05, 0) is 42.6 Å². The van der Waals surface area contributed by atoms with Gasteiger partial charge in [-0.3, -0.25) is 0 Å². The summed E-state index contributed by atoms with van der Waals surface area (Å²) in [6, 6.07) is 8.20. The van der Waals surface area contributed by atoms with Crippen molar-refractivity contribution in [3.8, 4) is 0 Å². The van der Waals surface area contributed by atoms with Crippen LogP contribution in [0.2, 0.25) is 0 Å². The molecule has 1 fully saturated rings. The van der Waals surface area contributed by atoms with Crippen LogP contribution in [0.5, 0.6) is 0 Å². The van der Waals surface area contributed by atoms with E-state index in [1.54, 1.807) is 0 Å². The predicted molar refractivity (Wildman–Crippen MR) is 58.8 cm³/mol. The molecule has 0 aromatic heterocycles. The molecule has 1 aliphatic rings. The lowest BCUT2D eigenvalue weighted by atomic mass is 10.1. The molecule has 2 rings (SSSR count). The molecule has 0 spiro atoms. The van der Waals surface area contributed by atoms with Crippen molar-refractivity contribution < 1.29 is 0 Å². The zero-order valence-corrected chi connectivity index (χ0v) is 8.10. The van der Waals surface area contributed by atoms with E-state index < -0.39 is 0 Å². The summed E-state index contributed by atoms with van der Waals surface area (Å²) >= 11 is 4.81. The molecular weight excluding hydrogens is 180 g/mol. The second kappa shape index (κ2) is 3.34. The normalized spacial score (nSPS) is 15.4. The average molecular weight is 192 g/mol. The summed E-state index contributed by atoms with van der Waals surface area (Å²) < 4.78 is 0. The molecule has 1 saturated carbocycles. The van der Waals surface area contributed by atoms with Crippen molar-refractivity contribution in [2.24, 2.45) is 5.73 Å². The zero-order valence-electron chi connectivity index (χ0n) is 7.29. The highest BCUT2D eigenvalue weighted by Gasteiger charge is 2.25. The SMILES string of the molecule is NC(=S)Nc1ccccc1C1CC1. The first-order valence-corrected chi connectivity index (χ1v) is 4.83. The van der Waals surface area contributed by atoms with E-state index in [9.17, 15) is 0 Å². The van der Waals surface area contributed by atoms with Crippen LogP contribution < -0.4 is 11.1 Å². The first-order chi connectivity index (χ1) is 6.27. The van der Waals surface area contributed by atoms with Gasteiger partial charge in [0, 0.05) is 5.69 Å². The maximum absolute atomic E-state index is 5.43. The van der Waals surface area contributed by atoms with Crippen LogP contribution in [-0.2, 0) is 0 Å². The highest BCUT2D eigenvalue weighted by Crippen LogP contribution is 2.43. The molecule has 1 aliphatic carbocycles. The van der Waals surface area contributed by atoms with Crippen LogP contribution in [0.3, 0.4) is 0 Å². The van der Waals surface area contributed by atoms with Crippen LogP contribution in [-0.4, -0.2) is 5.11 Å². The summed E-state index contributed by atoms with van der Waals surface area (Å²) in [5.41, 5.74) is 7.84. The Balaban J connectivity index is 2.26. The Kier molecular flexibility index (Phi) is 2.19. The molecule has 3 N–H and O–H groups in total. The maximum Gasteiger partial charge on any atom is 0.168 e. The van der Waals surface area contributed by atoms with Crippen molar-refractivity contribution in [2.45, 2.75) is 18.8 Å². The number of hydrogen-bond acceptors (Lipinski definition) is 1. The molecule has 13 heavy (non-hydrogen) atoms. The molecule has 0 saturated heterocycles. The van der Waals surface area contributed by atoms with Crippen molar-refractivity contribution in [1.29, 1.82) is 0 Å². The molecule has 0 bridgehead atoms. The molecule has 0 unspecified atom stereocenters. The second-order valence-corrected chi connectivity index (χ2v) is 3.79. The Morgan fingerprint density at radius 3 is 2.69 bits per heavy atom. The number of para-hydroxylation sites is 1. The number of hydrogen-bond donors (Lipinski definition) is 2. The smallest absolute Gasteiger partial charge is 0.168 e. The van der Waals surface area contributed by atoms with Crippen molar-refractivity contribution >= 4 is 23.0 Å². The average Bonchev–Trinajstić information content (AvgIpc) is 2.87. The van der Waals surface area contributed by atoms with Crippen LogP contribution in [0.15, 0.2) is 24.3 Å². The highest BCUT2D eigenvalue weighted by molar-refractivity contribution is 7.80. The van der Waals surface area contributed by atoms with Crippen molar-refractivity contribution in [3.05, 3.63) is 29.8 Å². The Morgan fingerprint density at radius 1 is 1.38 bits per heavy atom. The number of benzene rings is 1. The predicted octanol–water partition coefficient (Wildman–Crippen LogP) is 2.22. The first kappa shape index (κ1) is 8.51. The van der Waals surface area contributed by atoms with E-state index in [2.05, 4.69) is 17.4 Å². The molecule has 3 heteroatoms. The third-order valence-electron chi connectivity index (χ3n) is 2.24. The van der Waals surface area contributed by atoms with Crippen LogP contribution in [0.4, 0.5) is 5.69 Å². The third-order valence-corrected chi connectivity index (χ3v) is 2.34. The van der Waals surface area contributed by atoms with Gasteiger partial charge in [-0.15, -0.1) is 0 Å². The molecule has 0 amide bonds. The number of anilines is 1. The summed E-state index contributed by atoms with van der Waals surface area (Å²) in [5, 5.41) is 3.34. The quantitative estimate of drug-likeness (QED) is 0.706. The molecule has 0 radical (unpaired) electrons. The molecular formula is C10H12N2S. The van der Waals surface area contributed by atoms with E-state index >= 15 is 0 Å². The summed E-state index contributed by atoms with van der Waals surface area (Å²) in [7, 11) is 0. The first-order valence-electron chi connectivity index (χ1n) is 4.43. The van der Waals surface area contributed by atoms with Gasteiger partial charge in [0.05, 0.1) is 0 Å². The molecule has 1 aromatic rings. The Hall–Kier alpha value is -1.09. The lowest BCUT2D eigenvalue weighted by Crippen LogP contribution is -2.19. The van der Waals surface area contributed by atoms with Gasteiger partial charge in [0.15, 0.2) is 5.11 Å². The standard InChI is InChI=1S/C10H12N2S/c11-10(13)12-9-4-2-1-3-8(9)7-5-6-7/h1-4,7H,5-6H2,(H3,11,12,13). The zero-order chi connectivity index (χ0) is 9.26. The fourth-order valence-electron chi connectivity index (χ4n) is 1.49. The van der Waals surface area contributed by atoms with Gasteiger partial charge >= 0.3 is 0 Å². The van der Waals surface area contributed by atoms with Crippen LogP contribution in [0.25, 0.3) is 0 Å². The number of nitrogens with one attached hydrogen (secondary N) is 1. The van der Waals surface area contributed by atoms with E-state index in [0.717, 1.165) is 11.6 Å². The number of nitrogens with two attached hydrogens (primary N) is 1. The van der Waals surface area contributed by atoms with Gasteiger partial charge in [0.25, 0.3) is 0 Å². The monoisotopic (exact) mass is 192 g/mol. The maximum atomic E-state index is 5.43. The van der Waals surface area contributed by atoms with Gasteiger partial charge in [-0.25, -0.2) is 0 Å². The molecule has 0 aliphatic heterocycles. The molecule has 2 nitrogen and oxygen atoms in total. The third kappa shape index (κ3) is 1.98. The topological polar surface area (TPSA) is 38.0 Å². The van der Waals surface area contributed by atoms with Gasteiger partial charge in [0.1, 0.15) is 0 Å². The van der Waals surface area contributed by atoms with Gasteiger partial charge in [-0.2, -0.15) is 0 Å². The summed E-state index contributed by atoms with van der Waals surface area (Å²) in [5.74, 6) is 0.720. The van der Waals surface area contributed by atoms with Gasteiger partial charge in [0.2, 0.25) is 0 Å². The van der Waals surface area contributed by atoms with E-state index in [-0.39, 0.29) is 0 Å². The lowest BCUT2D eigenvalue weighted by molar-refractivity contribution is 1.13. The summed E-state index contributed by atoms with van der Waals surface area (Å²) in [4.78, 5) is 0.